The zero-order valence-electron chi connectivity index (χ0n) is 13.7. The zero-order valence-corrected chi connectivity index (χ0v) is 13.7. The zero-order chi connectivity index (χ0) is 15.2. The molecule has 1 aliphatic carbocycles. The lowest BCUT2D eigenvalue weighted by atomic mass is 9.69. The van der Waals surface area contributed by atoms with Crippen LogP contribution < -0.4 is 0 Å². The van der Waals surface area contributed by atoms with Gasteiger partial charge in [-0.05, 0) is 50.4 Å². The number of carbonyl (C=O) groups is 1. The number of hydrogen-bond donors (Lipinski definition) is 1. The van der Waals surface area contributed by atoms with Crippen molar-refractivity contribution in [2.24, 2.45) is 17.8 Å². The topological polar surface area (TPSA) is 46.5 Å². The number of aliphatic hydroxyl groups is 1. The van der Waals surface area contributed by atoms with E-state index < -0.39 is 11.6 Å². The molecule has 3 heteroatoms. The predicted octanol–water partition coefficient (Wildman–Crippen LogP) is 3.93. The molecule has 3 nitrogen and oxygen atoms in total. The summed E-state index contributed by atoms with van der Waals surface area (Å²) in [6.45, 7) is 8.64. The van der Waals surface area contributed by atoms with Gasteiger partial charge < -0.3 is 9.84 Å². The van der Waals surface area contributed by atoms with Crippen LogP contribution in [0.4, 0.5) is 0 Å². The molecule has 1 fully saturated rings. The number of ether oxygens (including phenoxy) is 1. The Morgan fingerprint density at radius 2 is 2.05 bits per heavy atom. The van der Waals surface area contributed by atoms with E-state index in [1.165, 1.54) is 12.8 Å². The molecule has 118 valence electrons. The van der Waals surface area contributed by atoms with E-state index in [0.717, 1.165) is 25.7 Å². The Hall–Kier alpha value is -0.570. The van der Waals surface area contributed by atoms with Gasteiger partial charge in [0, 0.05) is 0 Å². The van der Waals surface area contributed by atoms with E-state index in [2.05, 4.69) is 13.8 Å². The van der Waals surface area contributed by atoms with Gasteiger partial charge in [0.25, 0.3) is 0 Å². The van der Waals surface area contributed by atoms with Gasteiger partial charge in [-0.25, -0.2) is 4.79 Å². The van der Waals surface area contributed by atoms with Crippen LogP contribution in [0.25, 0.3) is 0 Å². The van der Waals surface area contributed by atoms with Crippen LogP contribution in [0.15, 0.2) is 0 Å². The van der Waals surface area contributed by atoms with Crippen LogP contribution in [-0.4, -0.2) is 23.3 Å². The molecule has 0 saturated heterocycles. The molecule has 0 spiro atoms. The maximum absolute atomic E-state index is 12.2. The Balaban J connectivity index is 2.77. The van der Waals surface area contributed by atoms with Crippen molar-refractivity contribution in [3.05, 3.63) is 0 Å². The minimum Gasteiger partial charge on any atom is -0.464 e. The highest BCUT2D eigenvalue weighted by Gasteiger charge is 2.45. The van der Waals surface area contributed by atoms with Crippen molar-refractivity contribution >= 4 is 5.97 Å². The summed E-state index contributed by atoms with van der Waals surface area (Å²) in [6, 6.07) is 0. The van der Waals surface area contributed by atoms with E-state index in [9.17, 15) is 9.90 Å². The SMILES string of the molecule is CCCC(O)(C(=O)OCC)C1CCCC(CC(C)C)C1. The van der Waals surface area contributed by atoms with Crippen LogP contribution in [0.1, 0.15) is 72.6 Å². The van der Waals surface area contributed by atoms with Gasteiger partial charge in [-0.1, -0.05) is 40.0 Å². The predicted molar refractivity (Wildman–Crippen MR) is 81.4 cm³/mol. The summed E-state index contributed by atoms with van der Waals surface area (Å²) in [4.78, 5) is 12.2. The highest BCUT2D eigenvalue weighted by atomic mass is 16.5. The maximum Gasteiger partial charge on any atom is 0.338 e. The Morgan fingerprint density at radius 1 is 1.35 bits per heavy atom. The molecule has 0 aromatic heterocycles. The van der Waals surface area contributed by atoms with Gasteiger partial charge in [-0.3, -0.25) is 0 Å². The minimum atomic E-state index is -1.26. The molecular weight excluding hydrogens is 252 g/mol. The van der Waals surface area contributed by atoms with Gasteiger partial charge in [0.1, 0.15) is 0 Å². The molecule has 1 aliphatic rings. The first-order valence-corrected chi connectivity index (χ1v) is 8.33. The number of rotatable bonds is 7. The molecule has 3 atom stereocenters. The second kappa shape index (κ2) is 8.02. The summed E-state index contributed by atoms with van der Waals surface area (Å²) in [7, 11) is 0. The lowest BCUT2D eigenvalue weighted by molar-refractivity contribution is -0.175. The Bertz CT molecular complexity index is 301. The van der Waals surface area contributed by atoms with E-state index in [4.69, 9.17) is 4.74 Å². The van der Waals surface area contributed by atoms with Gasteiger partial charge in [0.15, 0.2) is 5.60 Å². The van der Waals surface area contributed by atoms with Gasteiger partial charge in [-0.15, -0.1) is 0 Å². The van der Waals surface area contributed by atoms with Crippen LogP contribution in [0, 0.1) is 17.8 Å². The molecule has 1 N–H and O–H groups in total. The van der Waals surface area contributed by atoms with Crippen LogP contribution >= 0.6 is 0 Å². The molecule has 1 rings (SSSR count). The van der Waals surface area contributed by atoms with Crippen molar-refractivity contribution in [1.82, 2.24) is 0 Å². The molecule has 1 saturated carbocycles. The van der Waals surface area contributed by atoms with Gasteiger partial charge in [0.05, 0.1) is 6.61 Å². The quantitative estimate of drug-likeness (QED) is 0.720. The molecule has 0 radical (unpaired) electrons. The normalized spacial score (nSPS) is 26.3. The molecule has 0 aliphatic heterocycles. The smallest absolute Gasteiger partial charge is 0.338 e. The van der Waals surface area contributed by atoms with Gasteiger partial charge >= 0.3 is 5.97 Å². The number of hydrogen-bond acceptors (Lipinski definition) is 3. The Labute approximate surface area is 124 Å². The van der Waals surface area contributed by atoms with E-state index in [0.29, 0.717) is 24.9 Å². The third-order valence-corrected chi connectivity index (χ3v) is 4.52. The van der Waals surface area contributed by atoms with Crippen LogP contribution in [0.2, 0.25) is 0 Å². The molecular formula is C17H32O3. The first kappa shape index (κ1) is 17.5. The van der Waals surface area contributed by atoms with Crippen molar-refractivity contribution in [2.45, 2.75) is 78.2 Å². The average molecular weight is 284 g/mol. The summed E-state index contributed by atoms with van der Waals surface area (Å²) in [6.07, 6.45) is 6.79. The third-order valence-electron chi connectivity index (χ3n) is 4.52. The van der Waals surface area contributed by atoms with Gasteiger partial charge in [-0.2, -0.15) is 0 Å². The first-order valence-electron chi connectivity index (χ1n) is 8.33. The lowest BCUT2D eigenvalue weighted by Crippen LogP contribution is -2.48. The monoisotopic (exact) mass is 284 g/mol. The van der Waals surface area contributed by atoms with Crippen LogP contribution in [0.5, 0.6) is 0 Å². The first-order chi connectivity index (χ1) is 9.43. The molecule has 0 aromatic carbocycles. The fraction of sp³-hybridized carbons (Fsp3) is 0.941. The fourth-order valence-corrected chi connectivity index (χ4v) is 3.72. The second-order valence-corrected chi connectivity index (χ2v) is 6.75. The van der Waals surface area contributed by atoms with Crippen molar-refractivity contribution in [3.63, 3.8) is 0 Å². The summed E-state index contributed by atoms with van der Waals surface area (Å²) in [5.74, 6) is 0.989. The highest BCUT2D eigenvalue weighted by molar-refractivity contribution is 5.79. The summed E-state index contributed by atoms with van der Waals surface area (Å²) in [5, 5.41) is 10.9. The second-order valence-electron chi connectivity index (χ2n) is 6.75. The van der Waals surface area contributed by atoms with Crippen LogP contribution in [0.3, 0.4) is 0 Å². The van der Waals surface area contributed by atoms with Crippen molar-refractivity contribution in [2.75, 3.05) is 6.61 Å². The van der Waals surface area contributed by atoms with Gasteiger partial charge in [0.2, 0.25) is 0 Å². The summed E-state index contributed by atoms with van der Waals surface area (Å²) < 4.78 is 5.14. The maximum atomic E-state index is 12.2. The molecule has 0 aromatic rings. The Morgan fingerprint density at radius 3 is 2.60 bits per heavy atom. The van der Waals surface area contributed by atoms with Crippen LogP contribution in [-0.2, 0) is 9.53 Å². The largest absolute Gasteiger partial charge is 0.464 e. The van der Waals surface area contributed by atoms with Crippen molar-refractivity contribution < 1.29 is 14.6 Å². The molecule has 0 heterocycles. The number of carbonyl (C=O) groups excluding carboxylic acids is 1. The van der Waals surface area contributed by atoms with E-state index in [1.54, 1.807) is 6.92 Å². The summed E-state index contributed by atoms with van der Waals surface area (Å²) >= 11 is 0. The van der Waals surface area contributed by atoms with Crippen molar-refractivity contribution in [1.29, 1.82) is 0 Å². The van der Waals surface area contributed by atoms with Crippen molar-refractivity contribution in [3.8, 4) is 0 Å². The Kier molecular flexibility index (Phi) is 7.01. The minimum absolute atomic E-state index is 0.0685. The van der Waals surface area contributed by atoms with E-state index >= 15 is 0 Å². The summed E-state index contributed by atoms with van der Waals surface area (Å²) in [5.41, 5.74) is -1.26. The van der Waals surface area contributed by atoms with E-state index in [1.807, 2.05) is 6.92 Å². The lowest BCUT2D eigenvalue weighted by Gasteiger charge is -2.39. The molecule has 3 unspecified atom stereocenters. The van der Waals surface area contributed by atoms with E-state index in [-0.39, 0.29) is 5.92 Å². The third kappa shape index (κ3) is 4.47. The molecule has 20 heavy (non-hydrogen) atoms. The standard InChI is InChI=1S/C17H32O3/c1-5-10-17(19,16(18)20-6-2)15-9-7-8-14(12-15)11-13(3)4/h13-15,19H,5-12H2,1-4H3. The number of esters is 1. The molecule has 0 amide bonds. The highest BCUT2D eigenvalue weighted by Crippen LogP contribution is 2.40. The fourth-order valence-electron chi connectivity index (χ4n) is 3.72. The average Bonchev–Trinajstić information content (AvgIpc) is 2.38. The molecule has 0 bridgehead atoms.